The van der Waals surface area contributed by atoms with Gasteiger partial charge in [-0.15, -0.1) is 0 Å². The van der Waals surface area contributed by atoms with E-state index in [1.54, 1.807) is 7.11 Å². The molecule has 112 valence electrons. The molecule has 3 atom stereocenters. The first-order valence-corrected chi connectivity index (χ1v) is 7.49. The van der Waals surface area contributed by atoms with Crippen molar-refractivity contribution in [1.29, 1.82) is 0 Å². The summed E-state index contributed by atoms with van der Waals surface area (Å²) < 4.78 is 11.3. The minimum absolute atomic E-state index is 0.217. The maximum absolute atomic E-state index is 10.2. The summed E-state index contributed by atoms with van der Waals surface area (Å²) in [5.74, 6) is 0. The van der Waals surface area contributed by atoms with E-state index in [1.165, 1.54) is 11.1 Å². The van der Waals surface area contributed by atoms with Gasteiger partial charge in [-0.25, -0.2) is 0 Å². The van der Waals surface area contributed by atoms with Crippen molar-refractivity contribution < 1.29 is 14.6 Å². The SMILES string of the molecule is COC1CCCC(OCC(O)c2ccc(C)c(C)c2)C1. The highest BCUT2D eigenvalue weighted by Gasteiger charge is 2.23. The summed E-state index contributed by atoms with van der Waals surface area (Å²) in [7, 11) is 1.76. The second kappa shape index (κ2) is 7.21. The molecule has 1 aliphatic rings. The van der Waals surface area contributed by atoms with Crippen LogP contribution in [0, 0.1) is 13.8 Å². The van der Waals surface area contributed by atoms with Gasteiger partial charge in [0.1, 0.15) is 6.10 Å². The van der Waals surface area contributed by atoms with Crippen molar-refractivity contribution in [3.05, 3.63) is 34.9 Å². The van der Waals surface area contributed by atoms with E-state index in [-0.39, 0.29) is 6.10 Å². The van der Waals surface area contributed by atoms with E-state index in [1.807, 2.05) is 12.1 Å². The Bertz CT molecular complexity index is 430. The second-order valence-corrected chi connectivity index (χ2v) is 5.84. The van der Waals surface area contributed by atoms with Crippen LogP contribution < -0.4 is 0 Å². The van der Waals surface area contributed by atoms with Crippen LogP contribution in [0.15, 0.2) is 18.2 Å². The number of ether oxygens (including phenoxy) is 2. The fourth-order valence-corrected chi connectivity index (χ4v) is 2.76. The number of aryl methyl sites for hydroxylation is 2. The monoisotopic (exact) mass is 278 g/mol. The lowest BCUT2D eigenvalue weighted by atomic mass is 9.95. The first kappa shape index (κ1) is 15.5. The summed E-state index contributed by atoms with van der Waals surface area (Å²) in [4.78, 5) is 0. The van der Waals surface area contributed by atoms with Gasteiger partial charge < -0.3 is 14.6 Å². The third-order valence-electron chi connectivity index (χ3n) is 4.32. The van der Waals surface area contributed by atoms with Gasteiger partial charge in [0.25, 0.3) is 0 Å². The lowest BCUT2D eigenvalue weighted by molar-refractivity contribution is -0.0570. The van der Waals surface area contributed by atoms with Crippen molar-refractivity contribution in [3.8, 4) is 0 Å². The molecule has 1 saturated carbocycles. The Kier molecular flexibility index (Phi) is 5.58. The molecule has 0 radical (unpaired) electrons. The van der Waals surface area contributed by atoms with E-state index < -0.39 is 6.10 Å². The van der Waals surface area contributed by atoms with Crippen LogP contribution in [-0.4, -0.2) is 31.0 Å². The van der Waals surface area contributed by atoms with E-state index in [4.69, 9.17) is 9.47 Å². The zero-order chi connectivity index (χ0) is 14.5. The van der Waals surface area contributed by atoms with Crippen LogP contribution in [0.2, 0.25) is 0 Å². The van der Waals surface area contributed by atoms with Crippen molar-refractivity contribution >= 4 is 0 Å². The molecule has 1 aliphatic carbocycles. The van der Waals surface area contributed by atoms with Gasteiger partial charge in [0.05, 0.1) is 18.8 Å². The van der Waals surface area contributed by atoms with E-state index in [0.717, 1.165) is 31.2 Å². The maximum atomic E-state index is 10.2. The van der Waals surface area contributed by atoms with Gasteiger partial charge >= 0.3 is 0 Å². The normalized spacial score (nSPS) is 24.6. The number of rotatable bonds is 5. The summed E-state index contributed by atoms with van der Waals surface area (Å²) in [5, 5.41) is 10.2. The van der Waals surface area contributed by atoms with Crippen LogP contribution in [0.5, 0.6) is 0 Å². The number of aliphatic hydroxyl groups is 1. The lowest BCUT2D eigenvalue weighted by Crippen LogP contribution is -2.28. The first-order valence-electron chi connectivity index (χ1n) is 7.49. The van der Waals surface area contributed by atoms with Crippen LogP contribution in [-0.2, 0) is 9.47 Å². The highest BCUT2D eigenvalue weighted by molar-refractivity contribution is 5.31. The average Bonchev–Trinajstić information content (AvgIpc) is 2.47. The van der Waals surface area contributed by atoms with E-state index in [9.17, 15) is 5.11 Å². The van der Waals surface area contributed by atoms with Gasteiger partial charge in [0, 0.05) is 7.11 Å². The number of aliphatic hydroxyl groups excluding tert-OH is 1. The summed E-state index contributed by atoms with van der Waals surface area (Å²) in [6, 6.07) is 6.08. The first-order chi connectivity index (χ1) is 9.60. The Morgan fingerprint density at radius 3 is 2.65 bits per heavy atom. The molecular weight excluding hydrogens is 252 g/mol. The highest BCUT2D eigenvalue weighted by Crippen LogP contribution is 2.25. The van der Waals surface area contributed by atoms with Crippen LogP contribution >= 0.6 is 0 Å². The van der Waals surface area contributed by atoms with E-state index in [2.05, 4.69) is 19.9 Å². The molecule has 3 nitrogen and oxygen atoms in total. The van der Waals surface area contributed by atoms with E-state index in [0.29, 0.717) is 12.7 Å². The molecule has 1 N–H and O–H groups in total. The minimum Gasteiger partial charge on any atom is -0.386 e. The molecule has 0 spiro atoms. The quantitative estimate of drug-likeness (QED) is 0.898. The molecule has 2 rings (SSSR count). The molecule has 20 heavy (non-hydrogen) atoms. The Hall–Kier alpha value is -0.900. The van der Waals surface area contributed by atoms with Crippen molar-refractivity contribution in [2.75, 3.05) is 13.7 Å². The molecule has 3 heteroatoms. The van der Waals surface area contributed by atoms with Crippen LogP contribution in [0.3, 0.4) is 0 Å². The predicted molar refractivity (Wildman–Crippen MR) is 79.9 cm³/mol. The summed E-state index contributed by atoms with van der Waals surface area (Å²) >= 11 is 0. The zero-order valence-corrected chi connectivity index (χ0v) is 12.8. The topological polar surface area (TPSA) is 38.7 Å². The predicted octanol–water partition coefficient (Wildman–Crippen LogP) is 3.31. The van der Waals surface area contributed by atoms with E-state index >= 15 is 0 Å². The van der Waals surface area contributed by atoms with Gasteiger partial charge in [0.2, 0.25) is 0 Å². The fraction of sp³-hybridized carbons (Fsp3) is 0.647. The lowest BCUT2D eigenvalue weighted by Gasteiger charge is -2.29. The standard InChI is InChI=1S/C17H26O3/c1-12-7-8-14(9-13(12)2)17(18)11-20-16-6-4-5-15(10-16)19-3/h7-9,15-18H,4-6,10-11H2,1-3H3. The van der Waals surface area contributed by atoms with Gasteiger partial charge in [-0.1, -0.05) is 18.2 Å². The second-order valence-electron chi connectivity index (χ2n) is 5.84. The van der Waals surface area contributed by atoms with Crippen molar-refractivity contribution in [2.24, 2.45) is 0 Å². The highest BCUT2D eigenvalue weighted by atomic mass is 16.5. The molecule has 0 heterocycles. The number of hydrogen-bond acceptors (Lipinski definition) is 3. The zero-order valence-electron chi connectivity index (χ0n) is 12.8. The Labute approximate surface area is 121 Å². The smallest absolute Gasteiger partial charge is 0.102 e. The molecule has 0 amide bonds. The van der Waals surface area contributed by atoms with Crippen LogP contribution in [0.4, 0.5) is 0 Å². The van der Waals surface area contributed by atoms with Crippen LogP contribution in [0.1, 0.15) is 48.5 Å². The summed E-state index contributed by atoms with van der Waals surface area (Å²) in [5.41, 5.74) is 3.39. The summed E-state index contributed by atoms with van der Waals surface area (Å²) in [6.45, 7) is 4.51. The molecule has 1 aromatic rings. The largest absolute Gasteiger partial charge is 0.386 e. The summed E-state index contributed by atoms with van der Waals surface area (Å²) in [6.07, 6.45) is 4.26. The molecule has 3 unspecified atom stereocenters. The van der Waals surface area contributed by atoms with Crippen molar-refractivity contribution in [1.82, 2.24) is 0 Å². The number of methoxy groups -OCH3 is 1. The average molecular weight is 278 g/mol. The van der Waals surface area contributed by atoms with Gasteiger partial charge in [0.15, 0.2) is 0 Å². The molecule has 0 aliphatic heterocycles. The third-order valence-corrected chi connectivity index (χ3v) is 4.32. The van der Waals surface area contributed by atoms with Gasteiger partial charge in [-0.3, -0.25) is 0 Å². The number of benzene rings is 1. The van der Waals surface area contributed by atoms with Crippen molar-refractivity contribution in [2.45, 2.75) is 57.8 Å². The Balaban J connectivity index is 1.85. The molecule has 1 aromatic carbocycles. The molecule has 0 saturated heterocycles. The van der Waals surface area contributed by atoms with Gasteiger partial charge in [-0.05, 0) is 56.2 Å². The fourth-order valence-electron chi connectivity index (χ4n) is 2.76. The minimum atomic E-state index is -0.544. The van der Waals surface area contributed by atoms with Crippen LogP contribution in [0.25, 0.3) is 0 Å². The molecule has 0 bridgehead atoms. The molecular formula is C17H26O3. The molecule has 1 fully saturated rings. The maximum Gasteiger partial charge on any atom is 0.102 e. The number of hydrogen-bond donors (Lipinski definition) is 1. The third kappa shape index (κ3) is 4.05. The van der Waals surface area contributed by atoms with Crippen molar-refractivity contribution in [3.63, 3.8) is 0 Å². The molecule has 0 aromatic heterocycles. The Morgan fingerprint density at radius 1 is 1.20 bits per heavy atom. The van der Waals surface area contributed by atoms with Gasteiger partial charge in [-0.2, -0.15) is 0 Å². The Morgan fingerprint density at radius 2 is 1.95 bits per heavy atom.